The van der Waals surface area contributed by atoms with Crippen LogP contribution in [0.2, 0.25) is 0 Å². The second kappa shape index (κ2) is 11.6. The zero-order valence-corrected chi connectivity index (χ0v) is 23.7. The molecule has 0 saturated carbocycles. The van der Waals surface area contributed by atoms with Gasteiger partial charge in [-0.05, 0) is 31.5 Å². The van der Waals surface area contributed by atoms with E-state index in [4.69, 9.17) is 11.2 Å². The number of likely N-dealkylation sites (N-methyl/N-ethyl adjacent to an activating group) is 1. The summed E-state index contributed by atoms with van der Waals surface area (Å²) in [6, 6.07) is 4.98. The largest absolute Gasteiger partial charge is 0.366 e. The number of fused-ring (bicyclic) bond motifs is 1. The molecule has 2 aromatic rings. The Hall–Kier alpha value is -3.33. The Labute approximate surface area is 239 Å². The maximum Gasteiger partial charge on any atom is 0.251 e. The average Bonchev–Trinajstić information content (AvgIpc) is 3.62. The number of hydrogen-bond donors (Lipinski definition) is 1. The number of carbonyl (C=O) groups excluding carboxylic acids is 3. The molecule has 0 aliphatic carbocycles. The molecule has 4 atom stereocenters. The highest BCUT2D eigenvalue weighted by atomic mass is 32.1. The number of piperazine rings is 1. The number of nitrogens with zero attached hydrogens (tertiary/aromatic N) is 4. The number of thiazole rings is 1. The van der Waals surface area contributed by atoms with Crippen molar-refractivity contribution in [2.45, 2.75) is 38.5 Å². The molecule has 5 rings (SSSR count). The summed E-state index contributed by atoms with van der Waals surface area (Å²) in [5, 5.41) is 3.14. The SMILES string of the molecule is C#C[C@@H]1CN(C(=O)[C@H](CC(C)C)NC(=O)c2ccc(-c3nc(N4CCN(C)CC4)sc3F)cc2)[C@@H]2C(=O)CO[C@H]12.[HH]. The zero-order valence-electron chi connectivity index (χ0n) is 22.9. The summed E-state index contributed by atoms with van der Waals surface area (Å²) in [6.45, 7) is 7.44. The van der Waals surface area contributed by atoms with Gasteiger partial charge in [-0.3, -0.25) is 14.4 Å². The Kier molecular flexibility index (Phi) is 8.21. The molecule has 3 saturated heterocycles. The summed E-state index contributed by atoms with van der Waals surface area (Å²) in [6.07, 6.45) is 5.53. The summed E-state index contributed by atoms with van der Waals surface area (Å²) < 4.78 is 20.4. The van der Waals surface area contributed by atoms with Crippen molar-refractivity contribution in [3.05, 3.63) is 35.0 Å². The quantitative estimate of drug-likeness (QED) is 0.512. The summed E-state index contributed by atoms with van der Waals surface area (Å²) in [5.74, 6) is 1.43. The van der Waals surface area contributed by atoms with E-state index in [0.29, 0.717) is 22.7 Å². The first kappa shape index (κ1) is 28.2. The lowest BCUT2D eigenvalue weighted by atomic mass is 10.0. The van der Waals surface area contributed by atoms with Gasteiger partial charge in [-0.1, -0.05) is 43.2 Å². The molecule has 40 heavy (non-hydrogen) atoms. The lowest BCUT2D eigenvalue weighted by Gasteiger charge is -2.31. The number of terminal acetylenes is 1. The van der Waals surface area contributed by atoms with Gasteiger partial charge < -0.3 is 24.8 Å². The van der Waals surface area contributed by atoms with Crippen molar-refractivity contribution < 1.29 is 24.9 Å². The van der Waals surface area contributed by atoms with Crippen molar-refractivity contribution in [3.8, 4) is 23.6 Å². The normalized spacial score (nSPS) is 23.8. The summed E-state index contributed by atoms with van der Waals surface area (Å²) in [7, 11) is 2.06. The van der Waals surface area contributed by atoms with Gasteiger partial charge in [0.25, 0.3) is 5.91 Å². The highest BCUT2D eigenvalue weighted by Gasteiger charge is 2.52. The number of hydrogen-bond acceptors (Lipinski definition) is 8. The van der Waals surface area contributed by atoms with Crippen molar-refractivity contribution in [2.24, 2.45) is 11.8 Å². The van der Waals surface area contributed by atoms with Gasteiger partial charge in [-0.2, -0.15) is 4.39 Å². The van der Waals surface area contributed by atoms with Crippen LogP contribution >= 0.6 is 11.3 Å². The van der Waals surface area contributed by atoms with E-state index in [2.05, 4.69) is 33.1 Å². The predicted molar refractivity (Wildman–Crippen MR) is 153 cm³/mol. The minimum absolute atomic E-state index is 0. The fraction of sp³-hybridized carbons (Fsp3) is 0.517. The lowest BCUT2D eigenvalue weighted by Crippen LogP contribution is -2.52. The van der Waals surface area contributed by atoms with Crippen LogP contribution in [0.4, 0.5) is 9.52 Å². The molecule has 3 aliphatic heterocycles. The Morgan fingerprint density at radius 2 is 1.95 bits per heavy atom. The van der Waals surface area contributed by atoms with Gasteiger partial charge in [0.2, 0.25) is 11.0 Å². The average molecular weight is 570 g/mol. The van der Waals surface area contributed by atoms with Crippen LogP contribution in [0.3, 0.4) is 0 Å². The van der Waals surface area contributed by atoms with Crippen LogP contribution in [0.25, 0.3) is 11.3 Å². The highest BCUT2D eigenvalue weighted by molar-refractivity contribution is 7.14. The molecule has 1 N–H and O–H groups in total. The van der Waals surface area contributed by atoms with Crippen molar-refractivity contribution in [3.63, 3.8) is 0 Å². The third kappa shape index (κ3) is 5.61. The molecule has 214 valence electrons. The number of benzene rings is 1. The van der Waals surface area contributed by atoms with Crippen LogP contribution in [0.5, 0.6) is 0 Å². The number of anilines is 1. The molecule has 9 nitrogen and oxygen atoms in total. The lowest BCUT2D eigenvalue weighted by molar-refractivity contribution is -0.138. The number of aromatic nitrogens is 1. The second-order valence-electron chi connectivity index (χ2n) is 11.1. The third-order valence-electron chi connectivity index (χ3n) is 7.76. The standard InChI is InChI=1S/C29H34FN5O4S.H2/c1-5-18-15-35(24-22(36)16-39-25(18)24)28(38)21(14-17(2)3)31-27(37)20-8-6-19(7-9-20)23-26(30)40-29(32-23)34-12-10-33(4)11-13-34;/h1,6-9,17-18,21,24-25H,10-16H2,2-4H3,(H,31,37);1H/t18-,21+,24-,25-;/m1./s1. The molecule has 3 aliphatic rings. The van der Waals surface area contributed by atoms with Gasteiger partial charge in [0.05, 0.1) is 5.92 Å². The Morgan fingerprint density at radius 1 is 1.25 bits per heavy atom. The summed E-state index contributed by atoms with van der Waals surface area (Å²) in [4.78, 5) is 49.6. The van der Waals surface area contributed by atoms with Crippen molar-refractivity contribution in [1.29, 1.82) is 0 Å². The smallest absolute Gasteiger partial charge is 0.251 e. The van der Waals surface area contributed by atoms with Gasteiger partial charge in [0, 0.05) is 45.3 Å². The molecular formula is C29H36FN5O4S. The molecule has 3 fully saturated rings. The van der Waals surface area contributed by atoms with E-state index in [1.807, 2.05) is 13.8 Å². The fourth-order valence-electron chi connectivity index (χ4n) is 5.55. The molecule has 11 heteroatoms. The van der Waals surface area contributed by atoms with Gasteiger partial charge in [0.15, 0.2) is 10.9 Å². The van der Waals surface area contributed by atoms with Crippen LogP contribution in [0.15, 0.2) is 24.3 Å². The number of carbonyl (C=O) groups is 3. The fourth-order valence-corrected chi connectivity index (χ4v) is 6.41. The Morgan fingerprint density at radius 3 is 2.60 bits per heavy atom. The number of rotatable bonds is 7. The summed E-state index contributed by atoms with van der Waals surface area (Å²) in [5.41, 5.74) is 1.17. The van der Waals surface area contributed by atoms with Gasteiger partial charge in [-0.25, -0.2) is 4.98 Å². The van der Waals surface area contributed by atoms with Crippen LogP contribution in [0.1, 0.15) is 32.1 Å². The van der Waals surface area contributed by atoms with Gasteiger partial charge >= 0.3 is 0 Å². The van der Waals surface area contributed by atoms with E-state index in [9.17, 15) is 18.8 Å². The van der Waals surface area contributed by atoms with Crippen molar-refractivity contribution in [2.75, 3.05) is 51.3 Å². The number of Topliss-reactive ketones (excluding diaryl/α,β-unsaturated/α-hetero) is 1. The van der Waals surface area contributed by atoms with Gasteiger partial charge in [-0.15, -0.1) is 6.42 Å². The molecule has 0 unspecified atom stereocenters. The number of ketones is 1. The second-order valence-corrected chi connectivity index (χ2v) is 12.0. The molecular weight excluding hydrogens is 533 g/mol. The third-order valence-corrected chi connectivity index (χ3v) is 8.67. The van der Waals surface area contributed by atoms with Crippen LogP contribution in [-0.2, 0) is 14.3 Å². The molecule has 0 radical (unpaired) electrons. The first-order chi connectivity index (χ1) is 19.2. The van der Waals surface area contributed by atoms with Crippen molar-refractivity contribution >= 4 is 34.1 Å². The van der Waals surface area contributed by atoms with E-state index in [-0.39, 0.29) is 48.9 Å². The predicted octanol–water partition coefficient (Wildman–Crippen LogP) is 2.52. The van der Waals surface area contributed by atoms with Gasteiger partial charge in [0.1, 0.15) is 30.5 Å². The van der Waals surface area contributed by atoms with Crippen LogP contribution in [-0.4, -0.2) is 96.9 Å². The summed E-state index contributed by atoms with van der Waals surface area (Å²) >= 11 is 1.03. The Balaban J connectivity index is 0.00000387. The van der Waals surface area contributed by atoms with E-state index in [1.165, 1.54) is 4.90 Å². The van der Waals surface area contributed by atoms with E-state index in [0.717, 1.165) is 37.5 Å². The molecule has 4 heterocycles. The Bertz CT molecular complexity index is 1320. The molecule has 1 aromatic heterocycles. The maximum absolute atomic E-state index is 14.8. The minimum Gasteiger partial charge on any atom is -0.366 e. The monoisotopic (exact) mass is 569 g/mol. The van der Waals surface area contributed by atoms with E-state index >= 15 is 0 Å². The van der Waals surface area contributed by atoms with Crippen LogP contribution in [0, 0.1) is 29.3 Å². The molecule has 0 spiro atoms. The number of amides is 2. The molecule has 2 amide bonds. The van der Waals surface area contributed by atoms with Crippen molar-refractivity contribution in [1.82, 2.24) is 20.1 Å². The molecule has 0 bridgehead atoms. The first-order valence-electron chi connectivity index (χ1n) is 13.6. The maximum atomic E-state index is 14.8. The van der Waals surface area contributed by atoms with E-state index < -0.39 is 24.1 Å². The highest BCUT2D eigenvalue weighted by Crippen LogP contribution is 2.33. The topological polar surface area (TPSA) is 95.1 Å². The number of nitrogens with one attached hydrogen (secondary N) is 1. The minimum atomic E-state index is -0.833. The number of halogens is 1. The number of ether oxygens (including phenoxy) is 1. The van der Waals surface area contributed by atoms with Crippen LogP contribution < -0.4 is 10.2 Å². The molecule has 1 aromatic carbocycles. The number of likely N-dealkylation sites (tertiary alicyclic amines) is 1. The first-order valence-corrected chi connectivity index (χ1v) is 14.4. The zero-order chi connectivity index (χ0) is 28.6. The van der Waals surface area contributed by atoms with E-state index in [1.54, 1.807) is 24.3 Å².